The molecule has 0 saturated heterocycles. The molecule has 0 N–H and O–H groups in total. The van der Waals surface area contributed by atoms with Crippen molar-refractivity contribution in [2.45, 2.75) is 12.1 Å². The van der Waals surface area contributed by atoms with Crippen molar-refractivity contribution in [3.05, 3.63) is 35.9 Å². The van der Waals surface area contributed by atoms with Crippen LogP contribution < -0.4 is 0 Å². The van der Waals surface area contributed by atoms with Crippen LogP contribution in [-0.2, 0) is 24.8 Å². The van der Waals surface area contributed by atoms with Gasteiger partial charge in [-0.3, -0.25) is 4.57 Å². The summed E-state index contributed by atoms with van der Waals surface area (Å²) < 4.78 is 21.6. The van der Waals surface area contributed by atoms with Gasteiger partial charge < -0.3 is 13.8 Å². The van der Waals surface area contributed by atoms with Crippen molar-refractivity contribution in [1.82, 2.24) is 0 Å². The predicted octanol–water partition coefficient (Wildman–Crippen LogP) is 2.28. The Kier molecular flexibility index (Phi) is 4.87. The van der Waals surface area contributed by atoms with E-state index in [4.69, 9.17) is 9.05 Å². The van der Waals surface area contributed by atoms with Crippen molar-refractivity contribution >= 4 is 13.9 Å². The number of benzene rings is 1. The van der Waals surface area contributed by atoms with Crippen molar-refractivity contribution in [1.29, 1.82) is 0 Å². The summed E-state index contributed by atoms with van der Waals surface area (Å²) in [6.07, 6.45) is 0.976. The zero-order chi connectivity index (χ0) is 12.0. The van der Waals surface area contributed by atoms with Crippen LogP contribution in [-0.4, -0.2) is 26.2 Å². The molecule has 0 bridgehead atoms. The summed E-state index contributed by atoms with van der Waals surface area (Å²) in [7, 11) is -0.758. The van der Waals surface area contributed by atoms with Crippen LogP contribution >= 0.6 is 7.60 Å². The lowest BCUT2D eigenvalue weighted by Crippen LogP contribution is -2.16. The second-order valence-electron chi connectivity index (χ2n) is 3.30. The van der Waals surface area contributed by atoms with Crippen molar-refractivity contribution in [2.75, 3.05) is 14.2 Å². The highest BCUT2D eigenvalue weighted by atomic mass is 31.2. The average Bonchev–Trinajstić information content (AvgIpc) is 2.36. The van der Waals surface area contributed by atoms with Crippen LogP contribution in [0.5, 0.6) is 0 Å². The fraction of sp³-hybridized carbons (Fsp3) is 0.364. The molecule has 4 nitrogen and oxygen atoms in total. The monoisotopic (exact) mass is 242 g/mol. The quantitative estimate of drug-likeness (QED) is 0.567. The number of carbonyl (C=O) groups excluding carboxylic acids is 1. The maximum Gasteiger partial charge on any atom is 0.340 e. The van der Waals surface area contributed by atoms with E-state index in [0.29, 0.717) is 12.7 Å². The Morgan fingerprint density at radius 1 is 1.25 bits per heavy atom. The molecule has 1 atom stereocenters. The molecule has 1 aromatic rings. The Labute approximate surface area is 95.1 Å². The summed E-state index contributed by atoms with van der Waals surface area (Å²) >= 11 is 0. The molecule has 0 aliphatic carbocycles. The highest BCUT2D eigenvalue weighted by Crippen LogP contribution is 2.51. The molecule has 0 aliphatic rings. The van der Waals surface area contributed by atoms with Crippen LogP contribution in [0.15, 0.2) is 30.3 Å². The SMILES string of the molecule is COP(=O)(OC)C(C=O)Cc1ccccc1. The minimum atomic E-state index is -3.32. The van der Waals surface area contributed by atoms with Crippen molar-refractivity contribution in [2.24, 2.45) is 0 Å². The van der Waals surface area contributed by atoms with Crippen molar-refractivity contribution in [3.8, 4) is 0 Å². The minimum absolute atomic E-state index is 0.350. The van der Waals surface area contributed by atoms with Gasteiger partial charge in [-0.05, 0) is 12.0 Å². The smallest absolute Gasteiger partial charge is 0.311 e. The molecule has 0 radical (unpaired) electrons. The highest BCUT2D eigenvalue weighted by Gasteiger charge is 2.33. The Hall–Kier alpha value is -0.960. The van der Waals surface area contributed by atoms with E-state index in [1.54, 1.807) is 0 Å². The summed E-state index contributed by atoms with van der Waals surface area (Å²) in [5.74, 6) is 0. The zero-order valence-electron chi connectivity index (χ0n) is 9.33. The molecule has 0 amide bonds. The molecule has 0 aliphatic heterocycles. The molecule has 88 valence electrons. The van der Waals surface area contributed by atoms with Crippen LogP contribution in [0.3, 0.4) is 0 Å². The van der Waals surface area contributed by atoms with E-state index in [1.807, 2.05) is 30.3 Å². The van der Waals surface area contributed by atoms with Crippen LogP contribution in [0.2, 0.25) is 0 Å². The molecule has 0 heterocycles. The molecule has 5 heteroatoms. The van der Waals surface area contributed by atoms with Crippen molar-refractivity contribution in [3.63, 3.8) is 0 Å². The van der Waals surface area contributed by atoms with E-state index in [-0.39, 0.29) is 0 Å². The second kappa shape index (κ2) is 5.94. The van der Waals surface area contributed by atoms with E-state index in [0.717, 1.165) is 5.56 Å². The van der Waals surface area contributed by atoms with Crippen LogP contribution in [0.1, 0.15) is 5.56 Å². The first-order chi connectivity index (χ1) is 7.66. The molecule has 0 fully saturated rings. The Morgan fingerprint density at radius 3 is 2.25 bits per heavy atom. The van der Waals surface area contributed by atoms with Crippen LogP contribution in [0.4, 0.5) is 0 Å². The summed E-state index contributed by atoms with van der Waals surface area (Å²) in [6.45, 7) is 0. The predicted molar refractivity (Wildman–Crippen MR) is 61.6 cm³/mol. The summed E-state index contributed by atoms with van der Waals surface area (Å²) in [4.78, 5) is 10.9. The molecule has 16 heavy (non-hydrogen) atoms. The average molecular weight is 242 g/mol. The van der Waals surface area contributed by atoms with Crippen LogP contribution in [0.25, 0.3) is 0 Å². The summed E-state index contributed by atoms with van der Waals surface area (Å²) in [5.41, 5.74) is 0.166. The van der Waals surface area contributed by atoms with Gasteiger partial charge in [0.2, 0.25) is 0 Å². The van der Waals surface area contributed by atoms with E-state index in [9.17, 15) is 9.36 Å². The molecule has 1 unspecified atom stereocenters. The second-order valence-corrected chi connectivity index (χ2v) is 5.77. The summed E-state index contributed by atoms with van der Waals surface area (Å²) in [5, 5.41) is 0. The lowest BCUT2D eigenvalue weighted by molar-refractivity contribution is -0.107. The standard InChI is InChI=1S/C11H15O4P/c1-14-16(13,15-2)11(9-12)8-10-6-4-3-5-7-10/h3-7,9,11H,8H2,1-2H3. The Balaban J connectivity index is 2.84. The van der Waals surface area contributed by atoms with Gasteiger partial charge in [0.05, 0.1) is 0 Å². The fourth-order valence-corrected chi connectivity index (χ4v) is 2.71. The van der Waals surface area contributed by atoms with Gasteiger partial charge in [-0.15, -0.1) is 0 Å². The molecular formula is C11H15O4P. The first kappa shape index (κ1) is 13.1. The maximum absolute atomic E-state index is 12.0. The van der Waals surface area contributed by atoms with Gasteiger partial charge in [0.15, 0.2) is 0 Å². The molecule has 1 rings (SSSR count). The highest BCUT2D eigenvalue weighted by molar-refractivity contribution is 7.55. The van der Waals surface area contributed by atoms with Gasteiger partial charge in [0.25, 0.3) is 0 Å². The van der Waals surface area contributed by atoms with E-state index in [1.165, 1.54) is 14.2 Å². The van der Waals surface area contributed by atoms with Crippen LogP contribution in [0, 0.1) is 0 Å². The van der Waals surface area contributed by atoms with Gasteiger partial charge >= 0.3 is 7.60 Å². The lowest BCUT2D eigenvalue weighted by Gasteiger charge is -2.19. The number of carbonyl (C=O) groups is 1. The Bertz CT molecular complexity index is 369. The topological polar surface area (TPSA) is 52.6 Å². The minimum Gasteiger partial charge on any atom is -0.311 e. The third-order valence-corrected chi connectivity index (χ3v) is 4.49. The lowest BCUT2D eigenvalue weighted by atomic mass is 10.1. The first-order valence-corrected chi connectivity index (χ1v) is 6.48. The van der Waals surface area contributed by atoms with E-state index in [2.05, 4.69) is 0 Å². The zero-order valence-corrected chi connectivity index (χ0v) is 10.2. The normalized spacial score (nSPS) is 13.4. The van der Waals surface area contributed by atoms with Gasteiger partial charge in [-0.2, -0.15) is 0 Å². The van der Waals surface area contributed by atoms with Gasteiger partial charge in [-0.1, -0.05) is 30.3 Å². The summed E-state index contributed by atoms with van der Waals surface area (Å²) in [6, 6.07) is 9.34. The molecule has 0 aromatic heterocycles. The van der Waals surface area contributed by atoms with E-state index < -0.39 is 13.3 Å². The first-order valence-electron chi connectivity index (χ1n) is 4.86. The molecule has 1 aromatic carbocycles. The van der Waals surface area contributed by atoms with Gasteiger partial charge in [-0.25, -0.2) is 0 Å². The number of rotatable bonds is 6. The largest absolute Gasteiger partial charge is 0.340 e. The molecular weight excluding hydrogens is 227 g/mol. The molecule has 0 spiro atoms. The number of hydrogen-bond donors (Lipinski definition) is 0. The maximum atomic E-state index is 12.0. The third-order valence-electron chi connectivity index (χ3n) is 2.36. The molecule has 0 saturated carbocycles. The van der Waals surface area contributed by atoms with Crippen molar-refractivity contribution < 1.29 is 18.4 Å². The number of aldehydes is 1. The Morgan fingerprint density at radius 2 is 1.81 bits per heavy atom. The third kappa shape index (κ3) is 3.01. The van der Waals surface area contributed by atoms with Gasteiger partial charge in [0, 0.05) is 14.2 Å². The van der Waals surface area contributed by atoms with E-state index >= 15 is 0 Å². The number of hydrogen-bond acceptors (Lipinski definition) is 4. The fourth-order valence-electron chi connectivity index (χ4n) is 1.44. The van der Waals surface area contributed by atoms with Gasteiger partial charge in [0.1, 0.15) is 11.9 Å².